The minimum absolute atomic E-state index is 0.439. The van der Waals surface area contributed by atoms with Crippen LogP contribution in [-0.2, 0) is 6.42 Å². The molecule has 2 aromatic rings. The zero-order valence-corrected chi connectivity index (χ0v) is 12.5. The second-order valence-electron chi connectivity index (χ2n) is 4.32. The van der Waals surface area contributed by atoms with Crippen molar-refractivity contribution in [2.75, 3.05) is 24.2 Å². The van der Waals surface area contributed by atoms with Crippen molar-refractivity contribution in [3.8, 4) is 5.88 Å². The lowest BCUT2D eigenvalue weighted by Crippen LogP contribution is -2.11. The summed E-state index contributed by atoms with van der Waals surface area (Å²) in [5.74, 6) is 1.05. The lowest BCUT2D eigenvalue weighted by molar-refractivity contribution is 0.306. The molecule has 3 N–H and O–H groups in total. The van der Waals surface area contributed by atoms with E-state index in [9.17, 15) is 0 Å². The first-order valence-corrected chi connectivity index (χ1v) is 7.46. The van der Waals surface area contributed by atoms with Crippen LogP contribution in [0.2, 0.25) is 0 Å². The summed E-state index contributed by atoms with van der Waals surface area (Å²) in [7, 11) is 0. The lowest BCUT2D eigenvalue weighted by Gasteiger charge is -2.11. The summed E-state index contributed by atoms with van der Waals surface area (Å²) in [6, 6.07) is 0. The Morgan fingerprint density at radius 3 is 2.95 bits per heavy atom. The summed E-state index contributed by atoms with van der Waals surface area (Å²) >= 11 is 1.66. The summed E-state index contributed by atoms with van der Waals surface area (Å²) < 4.78 is 5.47. The summed E-state index contributed by atoms with van der Waals surface area (Å²) in [4.78, 5) is 12.6. The van der Waals surface area contributed by atoms with E-state index >= 15 is 0 Å². The molecule has 0 unspecified atom stereocenters. The van der Waals surface area contributed by atoms with Crippen molar-refractivity contribution in [3.05, 3.63) is 22.4 Å². The number of ether oxygens (including phenoxy) is 1. The molecule has 7 heteroatoms. The number of rotatable bonds is 7. The second kappa shape index (κ2) is 7.04. The van der Waals surface area contributed by atoms with E-state index < -0.39 is 0 Å². The molecule has 0 aliphatic heterocycles. The molecule has 0 atom stereocenters. The maximum atomic E-state index is 5.98. The number of nitrogen functional groups attached to an aromatic ring is 1. The Kier molecular flexibility index (Phi) is 5.11. The summed E-state index contributed by atoms with van der Waals surface area (Å²) in [5.41, 5.74) is 7.51. The van der Waals surface area contributed by atoms with E-state index in [4.69, 9.17) is 10.5 Å². The van der Waals surface area contributed by atoms with Gasteiger partial charge in [0.2, 0.25) is 5.88 Å². The van der Waals surface area contributed by atoms with Crippen molar-refractivity contribution < 1.29 is 4.74 Å². The Balaban J connectivity index is 1.92. The fourth-order valence-corrected chi connectivity index (χ4v) is 2.31. The maximum absolute atomic E-state index is 5.98. The van der Waals surface area contributed by atoms with Gasteiger partial charge < -0.3 is 15.8 Å². The monoisotopic (exact) mass is 293 g/mol. The van der Waals surface area contributed by atoms with Crippen LogP contribution < -0.4 is 15.8 Å². The van der Waals surface area contributed by atoms with Crippen molar-refractivity contribution in [2.24, 2.45) is 0 Å². The second-order valence-corrected chi connectivity index (χ2v) is 5.39. The quantitative estimate of drug-likeness (QED) is 0.814. The van der Waals surface area contributed by atoms with Crippen LogP contribution >= 0.6 is 11.3 Å². The Hall–Kier alpha value is -1.89. The minimum Gasteiger partial charge on any atom is -0.476 e. The van der Waals surface area contributed by atoms with Crippen LogP contribution in [0.15, 0.2) is 11.7 Å². The highest BCUT2D eigenvalue weighted by Gasteiger charge is 2.08. The third-order valence-corrected chi connectivity index (χ3v) is 3.45. The molecular formula is C13H19N5OS. The molecule has 6 nitrogen and oxygen atoms in total. The van der Waals surface area contributed by atoms with Gasteiger partial charge >= 0.3 is 0 Å². The molecule has 2 heterocycles. The first-order chi connectivity index (χ1) is 9.70. The van der Waals surface area contributed by atoms with Crippen LogP contribution in [0.1, 0.15) is 24.0 Å². The number of anilines is 2. The van der Waals surface area contributed by atoms with E-state index in [1.54, 1.807) is 11.3 Å². The van der Waals surface area contributed by atoms with Crippen molar-refractivity contribution >= 4 is 22.8 Å². The predicted octanol–water partition coefficient (Wildman–Crippen LogP) is 2.27. The molecular weight excluding hydrogens is 274 g/mol. The van der Waals surface area contributed by atoms with Gasteiger partial charge in [0.1, 0.15) is 12.0 Å². The fourth-order valence-electron chi connectivity index (χ4n) is 1.67. The summed E-state index contributed by atoms with van der Waals surface area (Å²) in [6.45, 7) is 5.35. The third kappa shape index (κ3) is 3.80. The van der Waals surface area contributed by atoms with Gasteiger partial charge in [-0.25, -0.2) is 9.97 Å². The van der Waals surface area contributed by atoms with Crippen molar-refractivity contribution in [3.63, 3.8) is 0 Å². The van der Waals surface area contributed by atoms with Crippen LogP contribution in [-0.4, -0.2) is 28.1 Å². The largest absolute Gasteiger partial charge is 0.476 e. The first-order valence-electron chi connectivity index (χ1n) is 6.59. The van der Waals surface area contributed by atoms with Gasteiger partial charge in [-0.3, -0.25) is 0 Å². The molecule has 0 bridgehead atoms. The zero-order valence-electron chi connectivity index (χ0n) is 11.7. The number of aryl methyl sites for hydroxylation is 1. The van der Waals surface area contributed by atoms with E-state index in [0.29, 0.717) is 24.0 Å². The Labute approximate surface area is 122 Å². The summed E-state index contributed by atoms with van der Waals surface area (Å²) in [6.07, 6.45) is 3.20. The van der Waals surface area contributed by atoms with Crippen LogP contribution in [0.4, 0.5) is 11.5 Å². The lowest BCUT2D eigenvalue weighted by atomic mass is 10.3. The highest BCUT2D eigenvalue weighted by atomic mass is 32.1. The van der Waals surface area contributed by atoms with Gasteiger partial charge in [-0.2, -0.15) is 4.98 Å². The standard InChI is InChI=1S/C13H19N5OS/c1-3-6-19-13-11(14)12(16-8-17-13)15-5-4-10-7-20-9(2)18-10/h7-8H,3-6,14H2,1-2H3,(H,15,16,17). The fraction of sp³-hybridized carbons (Fsp3) is 0.462. The molecule has 0 saturated heterocycles. The molecule has 0 spiro atoms. The average Bonchev–Trinajstić information content (AvgIpc) is 2.85. The molecule has 2 aromatic heterocycles. The third-order valence-electron chi connectivity index (χ3n) is 2.63. The van der Waals surface area contributed by atoms with E-state index in [0.717, 1.165) is 30.1 Å². The molecule has 0 saturated carbocycles. The van der Waals surface area contributed by atoms with Gasteiger partial charge in [0.15, 0.2) is 5.82 Å². The van der Waals surface area contributed by atoms with E-state index in [-0.39, 0.29) is 0 Å². The van der Waals surface area contributed by atoms with Crippen molar-refractivity contribution in [1.82, 2.24) is 15.0 Å². The highest BCUT2D eigenvalue weighted by Crippen LogP contribution is 2.24. The Morgan fingerprint density at radius 2 is 2.25 bits per heavy atom. The van der Waals surface area contributed by atoms with Gasteiger partial charge in [0.05, 0.1) is 17.3 Å². The van der Waals surface area contributed by atoms with Crippen LogP contribution in [0.3, 0.4) is 0 Å². The van der Waals surface area contributed by atoms with Crippen LogP contribution in [0, 0.1) is 6.92 Å². The zero-order chi connectivity index (χ0) is 14.4. The van der Waals surface area contributed by atoms with Crippen LogP contribution in [0.25, 0.3) is 0 Å². The minimum atomic E-state index is 0.439. The number of hydrogen-bond acceptors (Lipinski definition) is 7. The van der Waals surface area contributed by atoms with Crippen molar-refractivity contribution in [2.45, 2.75) is 26.7 Å². The maximum Gasteiger partial charge on any atom is 0.242 e. The molecule has 20 heavy (non-hydrogen) atoms. The van der Waals surface area contributed by atoms with Gasteiger partial charge in [-0.05, 0) is 13.3 Å². The molecule has 0 aliphatic rings. The number of thiazole rings is 1. The molecule has 0 fully saturated rings. The molecule has 108 valence electrons. The van der Waals surface area contributed by atoms with Gasteiger partial charge in [0, 0.05) is 18.3 Å². The molecule has 0 amide bonds. The topological polar surface area (TPSA) is 86.0 Å². The van der Waals surface area contributed by atoms with E-state index in [2.05, 4.69) is 25.6 Å². The Morgan fingerprint density at radius 1 is 1.40 bits per heavy atom. The smallest absolute Gasteiger partial charge is 0.242 e. The van der Waals surface area contributed by atoms with E-state index in [1.165, 1.54) is 6.33 Å². The normalized spacial score (nSPS) is 10.5. The summed E-state index contributed by atoms with van der Waals surface area (Å²) in [5, 5.41) is 6.34. The molecule has 0 aliphatic carbocycles. The van der Waals surface area contributed by atoms with E-state index in [1.807, 2.05) is 13.8 Å². The average molecular weight is 293 g/mol. The molecule has 0 radical (unpaired) electrons. The van der Waals surface area contributed by atoms with Gasteiger partial charge in [0.25, 0.3) is 0 Å². The van der Waals surface area contributed by atoms with Crippen LogP contribution in [0.5, 0.6) is 5.88 Å². The van der Waals surface area contributed by atoms with Gasteiger partial charge in [-0.1, -0.05) is 6.92 Å². The number of nitrogens with two attached hydrogens (primary N) is 1. The number of nitrogens with one attached hydrogen (secondary N) is 1. The molecule has 2 rings (SSSR count). The first kappa shape index (κ1) is 14.5. The highest BCUT2D eigenvalue weighted by molar-refractivity contribution is 7.09. The van der Waals surface area contributed by atoms with Gasteiger partial charge in [-0.15, -0.1) is 11.3 Å². The number of hydrogen-bond donors (Lipinski definition) is 2. The molecule has 0 aromatic carbocycles. The predicted molar refractivity (Wildman–Crippen MR) is 81.3 cm³/mol. The Bertz CT molecular complexity index is 557. The number of nitrogens with zero attached hydrogens (tertiary/aromatic N) is 3. The van der Waals surface area contributed by atoms with Crippen molar-refractivity contribution in [1.29, 1.82) is 0 Å². The SMILES string of the molecule is CCCOc1ncnc(NCCc2csc(C)n2)c1N. The number of aromatic nitrogens is 3.